The lowest BCUT2D eigenvalue weighted by molar-refractivity contribution is 0.575. The minimum absolute atomic E-state index is 0.136. The summed E-state index contributed by atoms with van der Waals surface area (Å²) in [7, 11) is -2.89. The van der Waals surface area contributed by atoms with Crippen molar-refractivity contribution in [3.05, 3.63) is 34.3 Å². The predicted molar refractivity (Wildman–Crippen MR) is 70.3 cm³/mol. The van der Waals surface area contributed by atoms with Gasteiger partial charge >= 0.3 is 0 Å². The number of halogens is 1. The first-order valence-electron chi connectivity index (χ1n) is 5.05. The van der Waals surface area contributed by atoms with Crippen LogP contribution in [0, 0.1) is 0 Å². The van der Waals surface area contributed by atoms with Crippen molar-refractivity contribution in [2.45, 2.75) is 13.0 Å². The second-order valence-electron chi connectivity index (χ2n) is 3.83. The lowest BCUT2D eigenvalue weighted by atomic mass is 10.1. The van der Waals surface area contributed by atoms with Crippen LogP contribution in [-0.4, -0.2) is 27.0 Å². The van der Waals surface area contributed by atoms with Crippen LogP contribution in [0.25, 0.3) is 0 Å². The maximum atomic E-state index is 11.0. The lowest BCUT2D eigenvalue weighted by Gasteiger charge is -2.15. The molecular weight excluding hydrogens is 290 g/mol. The summed E-state index contributed by atoms with van der Waals surface area (Å²) in [6.45, 7) is 2.49. The second-order valence-corrected chi connectivity index (χ2v) is 6.94. The van der Waals surface area contributed by atoms with E-state index in [4.69, 9.17) is 0 Å². The van der Waals surface area contributed by atoms with Crippen molar-refractivity contribution in [2.75, 3.05) is 18.6 Å². The molecule has 1 rings (SSSR count). The summed E-state index contributed by atoms with van der Waals surface area (Å²) in [4.78, 5) is 0. The van der Waals surface area contributed by atoms with Gasteiger partial charge in [-0.2, -0.15) is 0 Å². The highest BCUT2D eigenvalue weighted by Crippen LogP contribution is 2.22. The van der Waals surface area contributed by atoms with Crippen LogP contribution in [-0.2, 0) is 9.84 Å². The number of hydrogen-bond acceptors (Lipinski definition) is 3. The van der Waals surface area contributed by atoms with Gasteiger partial charge in [-0.1, -0.05) is 34.1 Å². The van der Waals surface area contributed by atoms with Crippen molar-refractivity contribution in [2.24, 2.45) is 0 Å². The van der Waals surface area contributed by atoms with Crippen molar-refractivity contribution >= 4 is 25.8 Å². The average molecular weight is 306 g/mol. The van der Waals surface area contributed by atoms with Gasteiger partial charge in [-0.15, -0.1) is 0 Å². The minimum Gasteiger partial charge on any atom is -0.309 e. The normalized spacial score (nSPS) is 13.7. The molecule has 0 aromatic heterocycles. The average Bonchev–Trinajstić information content (AvgIpc) is 2.16. The number of sulfone groups is 1. The molecular formula is C11H16BrNO2S. The van der Waals surface area contributed by atoms with Crippen LogP contribution >= 0.6 is 15.9 Å². The van der Waals surface area contributed by atoms with Crippen LogP contribution in [0.1, 0.15) is 18.5 Å². The lowest BCUT2D eigenvalue weighted by Crippen LogP contribution is -2.25. The zero-order valence-corrected chi connectivity index (χ0v) is 11.8. The fourth-order valence-corrected chi connectivity index (χ4v) is 2.51. The van der Waals surface area contributed by atoms with E-state index in [1.165, 1.54) is 6.26 Å². The number of benzene rings is 1. The molecule has 1 aromatic carbocycles. The zero-order chi connectivity index (χ0) is 12.2. The predicted octanol–water partition coefficient (Wildman–Crippen LogP) is 2.14. The highest BCUT2D eigenvalue weighted by Gasteiger charge is 2.09. The van der Waals surface area contributed by atoms with Gasteiger partial charge in [0.25, 0.3) is 0 Å². The molecule has 0 amide bonds. The smallest absolute Gasteiger partial charge is 0.148 e. The number of rotatable bonds is 5. The van der Waals surface area contributed by atoms with Gasteiger partial charge in [0.05, 0.1) is 5.75 Å². The first kappa shape index (κ1) is 13.7. The van der Waals surface area contributed by atoms with Crippen LogP contribution in [0.5, 0.6) is 0 Å². The summed E-state index contributed by atoms with van der Waals surface area (Å²) in [5.41, 5.74) is 1.14. The van der Waals surface area contributed by atoms with E-state index in [9.17, 15) is 8.42 Å². The number of hydrogen-bond donors (Lipinski definition) is 1. The van der Waals surface area contributed by atoms with E-state index in [-0.39, 0.29) is 11.8 Å². The standard InChI is InChI=1S/C11H16BrNO2S/c1-9(13-7-8-16(2,14)15)10-5-3-4-6-11(10)12/h3-6,9,13H,7-8H2,1-2H3. The van der Waals surface area contributed by atoms with E-state index >= 15 is 0 Å². The molecule has 3 nitrogen and oxygen atoms in total. The molecule has 90 valence electrons. The molecule has 0 aliphatic heterocycles. The molecule has 5 heteroatoms. The Kier molecular flexibility index (Phi) is 4.95. The Morgan fingerprint density at radius 3 is 2.56 bits per heavy atom. The van der Waals surface area contributed by atoms with Crippen molar-refractivity contribution in [3.63, 3.8) is 0 Å². The fourth-order valence-electron chi connectivity index (χ4n) is 1.40. The third kappa shape index (κ3) is 4.63. The quantitative estimate of drug-likeness (QED) is 0.906. The molecule has 0 spiro atoms. The maximum Gasteiger partial charge on any atom is 0.148 e. The van der Waals surface area contributed by atoms with Gasteiger partial charge in [0, 0.05) is 23.3 Å². The van der Waals surface area contributed by atoms with Crippen LogP contribution in [0.4, 0.5) is 0 Å². The van der Waals surface area contributed by atoms with Crippen LogP contribution < -0.4 is 5.32 Å². The molecule has 0 aliphatic carbocycles. The topological polar surface area (TPSA) is 46.2 Å². The Hall–Kier alpha value is -0.390. The van der Waals surface area contributed by atoms with Gasteiger partial charge in [0.15, 0.2) is 0 Å². The zero-order valence-electron chi connectivity index (χ0n) is 9.40. The van der Waals surface area contributed by atoms with Crippen LogP contribution in [0.2, 0.25) is 0 Å². The Morgan fingerprint density at radius 2 is 2.00 bits per heavy atom. The molecule has 1 aromatic rings. The molecule has 0 radical (unpaired) electrons. The van der Waals surface area contributed by atoms with E-state index < -0.39 is 9.84 Å². The van der Waals surface area contributed by atoms with Gasteiger partial charge in [0.2, 0.25) is 0 Å². The van der Waals surface area contributed by atoms with Gasteiger partial charge in [-0.25, -0.2) is 8.42 Å². The summed E-state index contributed by atoms with van der Waals surface area (Å²) >= 11 is 3.47. The van der Waals surface area contributed by atoms with E-state index in [1.54, 1.807) is 0 Å². The van der Waals surface area contributed by atoms with Gasteiger partial charge < -0.3 is 5.32 Å². The summed E-state index contributed by atoms with van der Waals surface area (Å²) in [5.74, 6) is 0.168. The second kappa shape index (κ2) is 5.80. The van der Waals surface area contributed by atoms with E-state index in [0.29, 0.717) is 6.54 Å². The molecule has 0 fully saturated rings. The van der Waals surface area contributed by atoms with E-state index in [0.717, 1.165) is 10.0 Å². The molecule has 1 N–H and O–H groups in total. The highest BCUT2D eigenvalue weighted by molar-refractivity contribution is 9.10. The Labute approximate surface area is 105 Å². The first-order valence-corrected chi connectivity index (χ1v) is 7.91. The fraction of sp³-hybridized carbons (Fsp3) is 0.455. The monoisotopic (exact) mass is 305 g/mol. The molecule has 0 saturated carbocycles. The Balaban J connectivity index is 2.54. The Bertz CT molecular complexity index is 445. The molecule has 1 atom stereocenters. The van der Waals surface area contributed by atoms with Gasteiger partial charge in [-0.05, 0) is 18.6 Å². The van der Waals surface area contributed by atoms with Crippen molar-refractivity contribution < 1.29 is 8.42 Å². The summed E-state index contributed by atoms with van der Waals surface area (Å²) in [5, 5.41) is 3.19. The largest absolute Gasteiger partial charge is 0.309 e. The molecule has 0 saturated heterocycles. The van der Waals surface area contributed by atoms with Crippen molar-refractivity contribution in [3.8, 4) is 0 Å². The van der Waals surface area contributed by atoms with Crippen LogP contribution in [0.15, 0.2) is 28.7 Å². The molecule has 16 heavy (non-hydrogen) atoms. The van der Waals surface area contributed by atoms with E-state index in [2.05, 4.69) is 21.2 Å². The first-order chi connectivity index (χ1) is 7.40. The molecule has 0 heterocycles. The molecule has 0 bridgehead atoms. The minimum atomic E-state index is -2.89. The van der Waals surface area contributed by atoms with Gasteiger partial charge in [0.1, 0.15) is 9.84 Å². The highest BCUT2D eigenvalue weighted by atomic mass is 79.9. The van der Waals surface area contributed by atoms with Crippen LogP contribution in [0.3, 0.4) is 0 Å². The SMILES string of the molecule is CC(NCCS(C)(=O)=O)c1ccccc1Br. The van der Waals surface area contributed by atoms with Gasteiger partial charge in [-0.3, -0.25) is 0 Å². The summed E-state index contributed by atoms with van der Waals surface area (Å²) in [6, 6.07) is 8.05. The van der Waals surface area contributed by atoms with Crippen molar-refractivity contribution in [1.29, 1.82) is 0 Å². The van der Waals surface area contributed by atoms with Crippen molar-refractivity contribution in [1.82, 2.24) is 5.32 Å². The summed E-state index contributed by atoms with van der Waals surface area (Å²) in [6.07, 6.45) is 1.25. The molecule has 1 unspecified atom stereocenters. The van der Waals surface area contributed by atoms with E-state index in [1.807, 2.05) is 31.2 Å². The molecule has 0 aliphatic rings. The third-order valence-electron chi connectivity index (χ3n) is 2.30. The Morgan fingerprint density at radius 1 is 1.38 bits per heavy atom. The number of nitrogens with one attached hydrogen (secondary N) is 1. The third-order valence-corrected chi connectivity index (χ3v) is 3.96. The summed E-state index contributed by atoms with van der Waals surface area (Å²) < 4.78 is 23.0. The maximum absolute atomic E-state index is 11.0.